The molecule has 2 rings (SSSR count). The minimum Gasteiger partial charge on any atom is -0.465 e. The van der Waals surface area contributed by atoms with Crippen molar-refractivity contribution >= 4 is 11.7 Å². The number of methoxy groups -OCH3 is 1. The first-order valence-electron chi connectivity index (χ1n) is 7.26. The summed E-state index contributed by atoms with van der Waals surface area (Å²) in [5.41, 5.74) is 0.751. The number of esters is 1. The molecular weight excluding hydrogens is 335 g/mol. The highest BCUT2D eigenvalue weighted by Crippen LogP contribution is 2.40. The fourth-order valence-corrected chi connectivity index (χ4v) is 2.60. The monoisotopic (exact) mass is 352 g/mol. The lowest BCUT2D eigenvalue weighted by atomic mass is 10.0. The van der Waals surface area contributed by atoms with Gasteiger partial charge in [-0.1, -0.05) is 0 Å². The van der Waals surface area contributed by atoms with E-state index in [0.717, 1.165) is 0 Å². The first-order valence-corrected chi connectivity index (χ1v) is 7.26. The van der Waals surface area contributed by atoms with Gasteiger partial charge in [-0.3, -0.25) is 0 Å². The number of nitrogens with one attached hydrogen (secondary N) is 1. The number of anilines is 1. The molecule has 1 saturated heterocycles. The van der Waals surface area contributed by atoms with Crippen LogP contribution < -0.4 is 10.2 Å². The van der Waals surface area contributed by atoms with Crippen molar-refractivity contribution in [3.63, 3.8) is 0 Å². The molecule has 1 atom stereocenters. The van der Waals surface area contributed by atoms with Crippen molar-refractivity contribution in [3.8, 4) is 0 Å². The Morgan fingerprint density at radius 1 is 1.25 bits per heavy atom. The Kier molecular flexibility index (Phi) is 5.32. The van der Waals surface area contributed by atoms with E-state index in [9.17, 15) is 26.7 Å². The van der Waals surface area contributed by atoms with E-state index in [2.05, 4.69) is 10.1 Å². The van der Waals surface area contributed by atoms with Crippen LogP contribution in [0.5, 0.6) is 0 Å². The molecule has 1 aromatic carbocycles. The number of carbonyl (C=O) groups is 1. The first-order chi connectivity index (χ1) is 11.2. The SMILES string of the molecule is COC(=O)c1ccc(N2CCNCC2CC(F)(F)C(F)(F)F)cc1. The molecule has 9 heteroatoms. The average Bonchev–Trinajstić information content (AvgIpc) is 2.53. The first kappa shape index (κ1) is 18.4. The van der Waals surface area contributed by atoms with Crippen molar-refractivity contribution < 1.29 is 31.5 Å². The fraction of sp³-hybridized carbons (Fsp3) is 0.533. The summed E-state index contributed by atoms with van der Waals surface area (Å²) in [6.45, 7) is 0.771. The zero-order valence-electron chi connectivity index (χ0n) is 12.9. The summed E-state index contributed by atoms with van der Waals surface area (Å²) < 4.78 is 68.7. The van der Waals surface area contributed by atoms with Gasteiger partial charge >= 0.3 is 18.1 Å². The van der Waals surface area contributed by atoms with Gasteiger partial charge in [-0.15, -0.1) is 0 Å². The molecule has 0 saturated carbocycles. The molecule has 1 N–H and O–H groups in total. The van der Waals surface area contributed by atoms with Crippen molar-refractivity contribution in [2.75, 3.05) is 31.6 Å². The number of benzene rings is 1. The van der Waals surface area contributed by atoms with Crippen molar-refractivity contribution in [2.45, 2.75) is 24.6 Å². The molecule has 24 heavy (non-hydrogen) atoms. The van der Waals surface area contributed by atoms with E-state index in [1.54, 1.807) is 0 Å². The molecule has 0 radical (unpaired) electrons. The maximum absolute atomic E-state index is 13.4. The molecular formula is C15H17F5N2O2. The second-order valence-corrected chi connectivity index (χ2v) is 5.50. The van der Waals surface area contributed by atoms with Crippen LogP contribution in [0.25, 0.3) is 0 Å². The molecule has 0 aromatic heterocycles. The molecule has 134 valence electrons. The maximum atomic E-state index is 13.4. The number of halogens is 5. The van der Waals surface area contributed by atoms with Crippen LogP contribution in [0.2, 0.25) is 0 Å². The molecule has 1 aliphatic rings. The van der Waals surface area contributed by atoms with Gasteiger partial charge in [0.1, 0.15) is 0 Å². The Balaban J connectivity index is 2.19. The smallest absolute Gasteiger partial charge is 0.453 e. The third kappa shape index (κ3) is 3.95. The van der Waals surface area contributed by atoms with Crippen LogP contribution in [0.3, 0.4) is 0 Å². The summed E-state index contributed by atoms with van der Waals surface area (Å²) >= 11 is 0. The Morgan fingerprint density at radius 2 is 1.88 bits per heavy atom. The standard InChI is InChI=1S/C15H17F5N2O2/c1-24-13(23)10-2-4-11(5-3-10)22-7-6-21-9-12(22)8-14(16,17)15(18,19)20/h2-5,12,21H,6-9H2,1H3. The summed E-state index contributed by atoms with van der Waals surface area (Å²) in [6.07, 6.45) is -6.91. The zero-order valence-corrected chi connectivity index (χ0v) is 12.9. The topological polar surface area (TPSA) is 41.6 Å². The molecule has 1 heterocycles. The summed E-state index contributed by atoms with van der Waals surface area (Å²) in [6, 6.07) is 4.90. The highest BCUT2D eigenvalue weighted by Gasteiger charge is 2.58. The normalized spacial score (nSPS) is 19.2. The summed E-state index contributed by atoms with van der Waals surface area (Å²) in [5, 5.41) is 2.83. The van der Waals surface area contributed by atoms with Crippen LogP contribution in [0, 0.1) is 0 Å². The Labute approximate surface area is 135 Å². The van der Waals surface area contributed by atoms with Gasteiger partial charge in [0.25, 0.3) is 0 Å². The number of hydrogen-bond donors (Lipinski definition) is 1. The van der Waals surface area contributed by atoms with E-state index in [1.165, 1.54) is 36.3 Å². The van der Waals surface area contributed by atoms with Gasteiger partial charge in [-0.05, 0) is 24.3 Å². The molecule has 1 unspecified atom stereocenters. The van der Waals surface area contributed by atoms with Crippen LogP contribution in [-0.2, 0) is 4.74 Å². The molecule has 0 amide bonds. The van der Waals surface area contributed by atoms with E-state index >= 15 is 0 Å². The van der Waals surface area contributed by atoms with E-state index in [4.69, 9.17) is 0 Å². The minimum atomic E-state index is -5.58. The van der Waals surface area contributed by atoms with Crippen molar-refractivity contribution in [2.24, 2.45) is 0 Å². The van der Waals surface area contributed by atoms with Crippen LogP contribution in [-0.4, -0.2) is 50.9 Å². The molecule has 1 fully saturated rings. The minimum absolute atomic E-state index is 0.0183. The lowest BCUT2D eigenvalue weighted by Gasteiger charge is -2.39. The molecule has 1 aromatic rings. The molecule has 0 spiro atoms. The van der Waals surface area contributed by atoms with Gasteiger partial charge in [-0.25, -0.2) is 4.79 Å². The molecule has 4 nitrogen and oxygen atoms in total. The van der Waals surface area contributed by atoms with Crippen molar-refractivity contribution in [3.05, 3.63) is 29.8 Å². The largest absolute Gasteiger partial charge is 0.465 e. The Morgan fingerprint density at radius 3 is 2.42 bits per heavy atom. The van der Waals surface area contributed by atoms with Gasteiger partial charge in [0, 0.05) is 37.8 Å². The van der Waals surface area contributed by atoms with E-state index in [0.29, 0.717) is 12.2 Å². The van der Waals surface area contributed by atoms with E-state index in [-0.39, 0.29) is 18.7 Å². The lowest BCUT2D eigenvalue weighted by Crippen LogP contribution is -2.55. The second kappa shape index (κ2) is 6.92. The van der Waals surface area contributed by atoms with Crippen molar-refractivity contribution in [1.82, 2.24) is 5.32 Å². The van der Waals surface area contributed by atoms with Crippen LogP contribution >= 0.6 is 0 Å². The predicted octanol–water partition coefficient (Wildman–Crippen LogP) is 2.84. The molecule has 1 aliphatic heterocycles. The lowest BCUT2D eigenvalue weighted by molar-refractivity contribution is -0.285. The zero-order chi connectivity index (χ0) is 18.0. The Hall–Kier alpha value is -1.90. The molecule has 0 aliphatic carbocycles. The van der Waals surface area contributed by atoms with Crippen LogP contribution in [0.1, 0.15) is 16.8 Å². The predicted molar refractivity (Wildman–Crippen MR) is 77.4 cm³/mol. The van der Waals surface area contributed by atoms with Gasteiger partial charge in [0.05, 0.1) is 12.7 Å². The third-order valence-electron chi connectivity index (χ3n) is 3.88. The number of ether oxygens (including phenoxy) is 1. The number of alkyl halides is 5. The van der Waals surface area contributed by atoms with Crippen molar-refractivity contribution in [1.29, 1.82) is 0 Å². The summed E-state index contributed by atoms with van der Waals surface area (Å²) in [7, 11) is 1.22. The third-order valence-corrected chi connectivity index (χ3v) is 3.88. The summed E-state index contributed by atoms with van der Waals surface area (Å²) in [5.74, 6) is -5.32. The van der Waals surface area contributed by atoms with Gasteiger partial charge in [0.2, 0.25) is 0 Å². The number of rotatable bonds is 4. The van der Waals surface area contributed by atoms with E-state index in [1.807, 2.05) is 0 Å². The number of carbonyl (C=O) groups excluding carboxylic acids is 1. The molecule has 0 bridgehead atoms. The highest BCUT2D eigenvalue weighted by atomic mass is 19.4. The van der Waals surface area contributed by atoms with Gasteiger partial charge < -0.3 is 15.0 Å². The van der Waals surface area contributed by atoms with E-state index < -0.39 is 30.5 Å². The number of hydrogen-bond acceptors (Lipinski definition) is 4. The highest BCUT2D eigenvalue weighted by molar-refractivity contribution is 5.89. The van der Waals surface area contributed by atoms with Gasteiger partial charge in [0.15, 0.2) is 0 Å². The average molecular weight is 352 g/mol. The van der Waals surface area contributed by atoms with Gasteiger partial charge in [-0.2, -0.15) is 22.0 Å². The fourth-order valence-electron chi connectivity index (χ4n) is 2.60. The summed E-state index contributed by atoms with van der Waals surface area (Å²) in [4.78, 5) is 12.9. The Bertz CT molecular complexity index is 574. The van der Waals surface area contributed by atoms with Crippen LogP contribution in [0.15, 0.2) is 24.3 Å². The quantitative estimate of drug-likeness (QED) is 0.668. The number of nitrogens with zero attached hydrogens (tertiary/aromatic N) is 1. The second-order valence-electron chi connectivity index (χ2n) is 5.50. The number of piperazine rings is 1. The maximum Gasteiger partial charge on any atom is 0.453 e. The van der Waals surface area contributed by atoms with Crippen LogP contribution in [0.4, 0.5) is 27.6 Å².